The van der Waals surface area contributed by atoms with Gasteiger partial charge >= 0.3 is 12.4 Å². The van der Waals surface area contributed by atoms with Crippen LogP contribution in [0.5, 0.6) is 11.5 Å². The molecule has 3 aromatic rings. The van der Waals surface area contributed by atoms with E-state index >= 15 is 0 Å². The molecule has 0 fully saturated rings. The predicted molar refractivity (Wildman–Crippen MR) is 142 cm³/mol. The molecular formula is C30H30F6N2O2. The van der Waals surface area contributed by atoms with Crippen molar-refractivity contribution in [3.8, 4) is 11.5 Å². The monoisotopic (exact) mass is 564 g/mol. The van der Waals surface area contributed by atoms with Crippen molar-refractivity contribution in [2.45, 2.75) is 52.3 Å². The quantitative estimate of drug-likeness (QED) is 0.185. The van der Waals surface area contributed by atoms with Gasteiger partial charge in [0.2, 0.25) is 0 Å². The Morgan fingerprint density at radius 3 is 1.52 bits per heavy atom. The lowest BCUT2D eigenvalue weighted by atomic mass is 9.60. The molecule has 0 amide bonds. The van der Waals surface area contributed by atoms with Crippen LogP contribution < -0.4 is 20.9 Å². The lowest BCUT2D eigenvalue weighted by Gasteiger charge is -2.56. The molecule has 0 bridgehead atoms. The van der Waals surface area contributed by atoms with Crippen LogP contribution in [0.2, 0.25) is 0 Å². The van der Waals surface area contributed by atoms with Gasteiger partial charge in [-0.25, -0.2) is 0 Å². The lowest BCUT2D eigenvalue weighted by Crippen LogP contribution is -2.64. The normalized spacial score (nSPS) is 18.1. The fourth-order valence-corrected chi connectivity index (χ4v) is 5.47. The maximum absolute atomic E-state index is 13.6. The molecule has 3 aromatic carbocycles. The van der Waals surface area contributed by atoms with Gasteiger partial charge in [0.1, 0.15) is 11.5 Å². The Balaban J connectivity index is 1.94. The molecule has 4 rings (SSSR count). The second-order valence-electron chi connectivity index (χ2n) is 11.2. The molecule has 0 saturated heterocycles. The van der Waals surface area contributed by atoms with E-state index in [1.165, 1.54) is 12.1 Å². The standard InChI is InChI=1S/C30H30F6N2O2/c1-26(2)16-19(18-8-6-5-7-9-18)17-27(3,4)30(26,39-24-12-20(28(31,32)33)10-22(37)14-24)40-25-13-21(29(34,35)36)11-23(38)15-25/h5-16H,17,37-38H2,1-4H3. The third-order valence-electron chi connectivity index (χ3n) is 7.09. The van der Waals surface area contributed by atoms with Crippen molar-refractivity contribution in [2.75, 3.05) is 11.5 Å². The summed E-state index contributed by atoms with van der Waals surface area (Å²) in [6.07, 6.45) is -7.23. The van der Waals surface area contributed by atoms with E-state index < -0.39 is 40.1 Å². The highest BCUT2D eigenvalue weighted by molar-refractivity contribution is 5.68. The summed E-state index contributed by atoms with van der Waals surface area (Å²) in [4.78, 5) is 0. The molecular weight excluding hydrogens is 534 g/mol. The van der Waals surface area contributed by atoms with Crippen molar-refractivity contribution in [1.82, 2.24) is 0 Å². The van der Waals surface area contributed by atoms with Crippen LogP contribution in [0.1, 0.15) is 50.8 Å². The summed E-state index contributed by atoms with van der Waals surface area (Å²) in [7, 11) is 0. The Morgan fingerprint density at radius 1 is 0.675 bits per heavy atom. The second-order valence-corrected chi connectivity index (χ2v) is 11.2. The number of ether oxygens (including phenoxy) is 2. The van der Waals surface area contributed by atoms with Crippen LogP contribution in [-0.2, 0) is 12.4 Å². The zero-order valence-electron chi connectivity index (χ0n) is 22.4. The minimum atomic E-state index is -4.71. The Labute approximate surface area is 228 Å². The van der Waals surface area contributed by atoms with Gasteiger partial charge in [-0.05, 0) is 55.7 Å². The maximum atomic E-state index is 13.6. The van der Waals surface area contributed by atoms with E-state index in [1.807, 2.05) is 36.4 Å². The van der Waals surface area contributed by atoms with Gasteiger partial charge in [0, 0.05) is 28.9 Å². The molecule has 0 aromatic heterocycles. The molecule has 0 heterocycles. The average Bonchev–Trinajstić information content (AvgIpc) is 2.81. The minimum Gasteiger partial charge on any atom is -0.451 e. The molecule has 0 atom stereocenters. The van der Waals surface area contributed by atoms with Crippen molar-refractivity contribution in [3.63, 3.8) is 0 Å². The van der Waals surface area contributed by atoms with Gasteiger partial charge in [-0.15, -0.1) is 0 Å². The summed E-state index contributed by atoms with van der Waals surface area (Å²) < 4.78 is 94.6. The van der Waals surface area contributed by atoms with Gasteiger partial charge < -0.3 is 20.9 Å². The first-order chi connectivity index (χ1) is 18.3. The fourth-order valence-electron chi connectivity index (χ4n) is 5.47. The molecule has 214 valence electrons. The minimum absolute atomic E-state index is 0.199. The molecule has 0 saturated carbocycles. The van der Waals surface area contributed by atoms with E-state index in [1.54, 1.807) is 27.7 Å². The summed E-state index contributed by atoms with van der Waals surface area (Å²) in [5.74, 6) is -2.30. The van der Waals surface area contributed by atoms with Crippen LogP contribution in [-0.4, -0.2) is 5.79 Å². The first-order valence-corrected chi connectivity index (χ1v) is 12.4. The van der Waals surface area contributed by atoms with Crippen LogP contribution >= 0.6 is 0 Å². The molecule has 1 aliphatic rings. The predicted octanol–water partition coefficient (Wildman–Crippen LogP) is 8.58. The van der Waals surface area contributed by atoms with Crippen LogP contribution in [0, 0.1) is 10.8 Å². The van der Waals surface area contributed by atoms with E-state index in [-0.39, 0.29) is 22.9 Å². The highest BCUT2D eigenvalue weighted by Crippen LogP contribution is 2.57. The largest absolute Gasteiger partial charge is 0.451 e. The number of halogens is 6. The molecule has 0 radical (unpaired) electrons. The number of nitrogen functional groups attached to an aromatic ring is 2. The van der Waals surface area contributed by atoms with E-state index in [9.17, 15) is 26.3 Å². The van der Waals surface area contributed by atoms with Gasteiger partial charge in [-0.3, -0.25) is 0 Å². The number of alkyl halides is 6. The molecule has 10 heteroatoms. The number of benzene rings is 3. The number of hydrogen-bond donors (Lipinski definition) is 2. The highest BCUT2D eigenvalue weighted by Gasteiger charge is 2.62. The molecule has 1 aliphatic carbocycles. The van der Waals surface area contributed by atoms with Crippen LogP contribution in [0.3, 0.4) is 0 Å². The summed E-state index contributed by atoms with van der Waals surface area (Å²) in [5.41, 5.74) is 8.87. The average molecular weight is 565 g/mol. The van der Waals surface area contributed by atoms with E-state index in [0.29, 0.717) is 6.42 Å². The van der Waals surface area contributed by atoms with Crippen molar-refractivity contribution in [1.29, 1.82) is 0 Å². The number of nitrogens with two attached hydrogens (primary N) is 2. The second kappa shape index (κ2) is 9.67. The first-order valence-electron chi connectivity index (χ1n) is 12.4. The summed E-state index contributed by atoms with van der Waals surface area (Å²) >= 11 is 0. The fraction of sp³-hybridized carbons (Fsp3) is 0.333. The molecule has 0 spiro atoms. The maximum Gasteiger partial charge on any atom is 0.416 e. The van der Waals surface area contributed by atoms with Crippen LogP contribution in [0.15, 0.2) is 72.8 Å². The van der Waals surface area contributed by atoms with Gasteiger partial charge in [-0.1, -0.05) is 50.3 Å². The molecule has 4 N–H and O–H groups in total. The topological polar surface area (TPSA) is 70.5 Å². The lowest BCUT2D eigenvalue weighted by molar-refractivity contribution is -0.246. The van der Waals surface area contributed by atoms with Crippen molar-refractivity contribution >= 4 is 16.9 Å². The van der Waals surface area contributed by atoms with Gasteiger partial charge in [0.15, 0.2) is 0 Å². The van der Waals surface area contributed by atoms with Gasteiger partial charge in [0.25, 0.3) is 5.79 Å². The summed E-state index contributed by atoms with van der Waals surface area (Å²) in [5, 5.41) is 0. The van der Waals surface area contributed by atoms with Crippen LogP contribution in [0.4, 0.5) is 37.7 Å². The number of rotatable bonds is 5. The van der Waals surface area contributed by atoms with Crippen molar-refractivity contribution in [3.05, 3.63) is 89.5 Å². The number of anilines is 2. The zero-order chi connectivity index (χ0) is 29.7. The number of allylic oxidation sites excluding steroid dienone is 1. The van der Waals surface area contributed by atoms with E-state index in [4.69, 9.17) is 20.9 Å². The Morgan fingerprint density at radius 2 is 1.12 bits per heavy atom. The molecule has 0 aliphatic heterocycles. The van der Waals surface area contributed by atoms with Crippen molar-refractivity contribution < 1.29 is 35.8 Å². The highest BCUT2D eigenvalue weighted by atomic mass is 19.4. The third kappa shape index (κ3) is 5.57. The molecule has 4 nitrogen and oxygen atoms in total. The van der Waals surface area contributed by atoms with Gasteiger partial charge in [-0.2, -0.15) is 26.3 Å². The summed E-state index contributed by atoms with van der Waals surface area (Å²) in [6, 6.07) is 15.1. The molecule has 0 unspecified atom stereocenters. The Kier molecular flexibility index (Phi) is 7.05. The van der Waals surface area contributed by atoms with E-state index in [0.717, 1.165) is 35.4 Å². The smallest absolute Gasteiger partial charge is 0.416 e. The van der Waals surface area contributed by atoms with Crippen molar-refractivity contribution in [2.24, 2.45) is 10.8 Å². The summed E-state index contributed by atoms with van der Waals surface area (Å²) in [6.45, 7) is 7.09. The first kappa shape index (κ1) is 29.2. The van der Waals surface area contributed by atoms with Crippen LogP contribution in [0.25, 0.3) is 5.57 Å². The Bertz CT molecular complexity index is 1360. The SMILES string of the molecule is CC1(C)C=C(c2ccccc2)CC(C)(C)C1(Oc1cc(N)cc(C(F)(F)F)c1)Oc1cc(N)cc(C(F)(F)F)c1. The Hall–Kier alpha value is -3.82. The number of hydrogen-bond acceptors (Lipinski definition) is 4. The molecule has 40 heavy (non-hydrogen) atoms. The zero-order valence-corrected chi connectivity index (χ0v) is 22.4. The van der Waals surface area contributed by atoms with E-state index in [2.05, 4.69) is 0 Å². The third-order valence-corrected chi connectivity index (χ3v) is 7.09. The van der Waals surface area contributed by atoms with Gasteiger partial charge in [0.05, 0.1) is 16.5 Å².